The molecule has 0 amide bonds. The molecule has 0 atom stereocenters. The minimum atomic E-state index is -0.867. The highest BCUT2D eigenvalue weighted by Gasteiger charge is 2.01. The molecule has 2 nitrogen and oxygen atoms in total. The molecule has 2 rings (SSSR count). The molecule has 0 unspecified atom stereocenters. The lowest BCUT2D eigenvalue weighted by Gasteiger charge is -1.96. The topological polar surface area (TPSA) is 37.3 Å². The van der Waals surface area contributed by atoms with E-state index in [9.17, 15) is 4.79 Å². The standard InChI is InChI=1S/C15H18O2.C8H8/c1-2-3-5-10-14(15(16)17)12-11-13-8-6-4-7-9-13;1-2-8-6-4-3-5-7-8/h4,6-12H,2-3,5H2,1H3,(H,16,17);2-7H,1H2. The van der Waals surface area contributed by atoms with Crippen molar-refractivity contribution >= 4 is 18.1 Å². The smallest absolute Gasteiger partial charge is 0.335 e. The van der Waals surface area contributed by atoms with Crippen molar-refractivity contribution in [2.24, 2.45) is 0 Å². The molecule has 0 heterocycles. The summed E-state index contributed by atoms with van der Waals surface area (Å²) in [6.07, 6.45) is 10.0. The van der Waals surface area contributed by atoms with Gasteiger partial charge in [-0.15, -0.1) is 0 Å². The number of rotatable bonds is 7. The van der Waals surface area contributed by atoms with Gasteiger partial charge in [-0.2, -0.15) is 0 Å². The molecule has 2 heteroatoms. The van der Waals surface area contributed by atoms with E-state index in [1.807, 2.05) is 72.8 Å². The van der Waals surface area contributed by atoms with Gasteiger partial charge in [-0.1, -0.05) is 105 Å². The highest BCUT2D eigenvalue weighted by molar-refractivity contribution is 5.91. The molecule has 0 aliphatic rings. The van der Waals surface area contributed by atoms with E-state index >= 15 is 0 Å². The molecule has 2 aromatic carbocycles. The molecule has 130 valence electrons. The summed E-state index contributed by atoms with van der Waals surface area (Å²) in [6, 6.07) is 19.7. The number of carbonyl (C=O) groups is 1. The van der Waals surface area contributed by atoms with Crippen LogP contribution in [0, 0.1) is 0 Å². The molecule has 2 aromatic rings. The lowest BCUT2D eigenvalue weighted by Crippen LogP contribution is -1.97. The van der Waals surface area contributed by atoms with E-state index in [1.165, 1.54) is 5.56 Å². The number of benzene rings is 2. The molecule has 0 fully saturated rings. The maximum absolute atomic E-state index is 11.0. The lowest BCUT2D eigenvalue weighted by molar-refractivity contribution is -0.132. The highest BCUT2D eigenvalue weighted by Crippen LogP contribution is 2.08. The van der Waals surface area contributed by atoms with Crippen LogP contribution in [0.15, 0.2) is 85.0 Å². The maximum Gasteiger partial charge on any atom is 0.335 e. The van der Waals surface area contributed by atoms with Crippen molar-refractivity contribution in [3.05, 3.63) is 96.1 Å². The van der Waals surface area contributed by atoms with E-state index in [2.05, 4.69) is 13.5 Å². The van der Waals surface area contributed by atoms with Crippen LogP contribution in [0.5, 0.6) is 0 Å². The monoisotopic (exact) mass is 334 g/mol. The zero-order chi connectivity index (χ0) is 18.3. The summed E-state index contributed by atoms with van der Waals surface area (Å²) >= 11 is 0. The van der Waals surface area contributed by atoms with Crippen molar-refractivity contribution in [3.63, 3.8) is 0 Å². The SMILES string of the molecule is C=Cc1ccccc1.CCCCC=C(C=Cc1ccccc1)C(=O)O. The maximum atomic E-state index is 11.0. The van der Waals surface area contributed by atoms with Crippen LogP contribution >= 0.6 is 0 Å². The molecule has 0 radical (unpaired) electrons. The highest BCUT2D eigenvalue weighted by atomic mass is 16.4. The number of aliphatic carboxylic acids is 1. The Hall–Kier alpha value is -2.87. The van der Waals surface area contributed by atoms with Gasteiger partial charge in [0.15, 0.2) is 0 Å². The van der Waals surface area contributed by atoms with E-state index in [-0.39, 0.29) is 0 Å². The number of allylic oxidation sites excluding steroid dienone is 1. The summed E-state index contributed by atoms with van der Waals surface area (Å²) in [6.45, 7) is 5.72. The number of unbranched alkanes of at least 4 members (excludes halogenated alkanes) is 2. The van der Waals surface area contributed by atoms with Crippen LogP contribution < -0.4 is 0 Å². The summed E-state index contributed by atoms with van der Waals surface area (Å²) in [7, 11) is 0. The fourth-order valence-corrected chi connectivity index (χ4v) is 2.03. The van der Waals surface area contributed by atoms with E-state index in [1.54, 1.807) is 12.2 Å². The van der Waals surface area contributed by atoms with Gasteiger partial charge >= 0.3 is 5.97 Å². The van der Waals surface area contributed by atoms with Gasteiger partial charge in [0.05, 0.1) is 5.57 Å². The summed E-state index contributed by atoms with van der Waals surface area (Å²) < 4.78 is 0. The Morgan fingerprint density at radius 1 is 1.00 bits per heavy atom. The van der Waals surface area contributed by atoms with Crippen molar-refractivity contribution in [2.75, 3.05) is 0 Å². The zero-order valence-corrected chi connectivity index (χ0v) is 14.8. The summed E-state index contributed by atoms with van der Waals surface area (Å²) in [5, 5.41) is 9.03. The van der Waals surface area contributed by atoms with E-state index < -0.39 is 5.97 Å². The molecule has 25 heavy (non-hydrogen) atoms. The Bertz CT molecular complexity index is 683. The Kier molecular flexibility index (Phi) is 10.1. The third-order valence-electron chi connectivity index (χ3n) is 3.46. The van der Waals surface area contributed by atoms with Gasteiger partial charge in [0.2, 0.25) is 0 Å². The molecule has 0 saturated carbocycles. The molecule has 0 aliphatic carbocycles. The average molecular weight is 334 g/mol. The third-order valence-corrected chi connectivity index (χ3v) is 3.46. The Morgan fingerprint density at radius 3 is 2.00 bits per heavy atom. The van der Waals surface area contributed by atoms with Crippen LogP contribution in [0.1, 0.15) is 37.3 Å². The van der Waals surface area contributed by atoms with Crippen molar-refractivity contribution in [1.82, 2.24) is 0 Å². The van der Waals surface area contributed by atoms with Crippen LogP contribution in [-0.4, -0.2) is 11.1 Å². The number of carboxylic acids is 1. The normalized spacial score (nSPS) is 10.8. The lowest BCUT2D eigenvalue weighted by atomic mass is 10.1. The molecular weight excluding hydrogens is 308 g/mol. The van der Waals surface area contributed by atoms with Gasteiger partial charge in [-0.05, 0) is 23.6 Å². The number of carboxylic acid groups (broad SMARTS) is 1. The van der Waals surface area contributed by atoms with Crippen LogP contribution in [-0.2, 0) is 4.79 Å². The van der Waals surface area contributed by atoms with Crippen LogP contribution in [0.25, 0.3) is 12.2 Å². The van der Waals surface area contributed by atoms with Gasteiger partial charge < -0.3 is 5.11 Å². The van der Waals surface area contributed by atoms with Gasteiger partial charge in [0, 0.05) is 0 Å². The second-order valence-corrected chi connectivity index (χ2v) is 5.47. The molecule has 0 saturated heterocycles. The van der Waals surface area contributed by atoms with Gasteiger partial charge in [0.25, 0.3) is 0 Å². The zero-order valence-electron chi connectivity index (χ0n) is 14.8. The van der Waals surface area contributed by atoms with Crippen molar-refractivity contribution in [3.8, 4) is 0 Å². The molecule has 0 bridgehead atoms. The number of hydrogen-bond donors (Lipinski definition) is 1. The van der Waals surface area contributed by atoms with Gasteiger partial charge in [0.1, 0.15) is 0 Å². The Morgan fingerprint density at radius 2 is 1.56 bits per heavy atom. The fraction of sp³-hybridized carbons (Fsp3) is 0.174. The summed E-state index contributed by atoms with van der Waals surface area (Å²) in [5.74, 6) is -0.867. The Labute approximate surface area is 150 Å². The summed E-state index contributed by atoms with van der Waals surface area (Å²) in [4.78, 5) is 11.0. The predicted molar refractivity (Wildman–Crippen MR) is 107 cm³/mol. The third kappa shape index (κ3) is 9.11. The molecule has 1 N–H and O–H groups in total. The quantitative estimate of drug-likeness (QED) is 0.370. The minimum Gasteiger partial charge on any atom is -0.478 e. The summed E-state index contributed by atoms with van der Waals surface area (Å²) in [5.41, 5.74) is 2.55. The van der Waals surface area contributed by atoms with Gasteiger partial charge in [-0.25, -0.2) is 4.79 Å². The fourth-order valence-electron chi connectivity index (χ4n) is 2.03. The van der Waals surface area contributed by atoms with E-state index in [0.29, 0.717) is 5.57 Å². The number of hydrogen-bond acceptors (Lipinski definition) is 1. The van der Waals surface area contributed by atoms with Crippen molar-refractivity contribution < 1.29 is 9.90 Å². The second-order valence-electron chi connectivity index (χ2n) is 5.47. The average Bonchev–Trinajstić information content (AvgIpc) is 2.66. The first-order valence-corrected chi connectivity index (χ1v) is 8.51. The van der Waals surface area contributed by atoms with Gasteiger partial charge in [-0.3, -0.25) is 0 Å². The molecule has 0 aromatic heterocycles. The molecule has 0 spiro atoms. The molecular formula is C23H26O2. The second kappa shape index (κ2) is 12.5. The first kappa shape index (κ1) is 20.2. The van der Waals surface area contributed by atoms with Crippen molar-refractivity contribution in [2.45, 2.75) is 26.2 Å². The first-order valence-electron chi connectivity index (χ1n) is 8.51. The largest absolute Gasteiger partial charge is 0.478 e. The van der Waals surface area contributed by atoms with Crippen LogP contribution in [0.2, 0.25) is 0 Å². The van der Waals surface area contributed by atoms with Crippen LogP contribution in [0.3, 0.4) is 0 Å². The van der Waals surface area contributed by atoms with E-state index in [0.717, 1.165) is 24.8 Å². The molecule has 0 aliphatic heterocycles. The predicted octanol–water partition coefficient (Wildman–Crippen LogP) is 6.23. The van der Waals surface area contributed by atoms with E-state index in [4.69, 9.17) is 5.11 Å². The minimum absolute atomic E-state index is 0.363. The van der Waals surface area contributed by atoms with Crippen molar-refractivity contribution in [1.29, 1.82) is 0 Å². The first-order chi connectivity index (χ1) is 12.2. The Balaban J connectivity index is 0.000000324. The van der Waals surface area contributed by atoms with Crippen LogP contribution in [0.4, 0.5) is 0 Å².